The molecular weight excluding hydrogens is 755 g/mol. The molecule has 1 aromatic heterocycles. The minimum absolute atomic E-state index is 1.10. The molecule has 0 amide bonds. The molecular formula is C59H41NS. The standard InChI is InChI=1S/C59H41NS/c1-40-15-13-26-55-57(40)54-38-36-49(39-56(54)61-55)60(47-32-27-44(28-33-47)53-37-31-43-20-11-12-23-50(43)58(53)45-21-9-4-10-22-45)48-34-29-46(30-35-48)59-51(41-16-5-2-6-17-41)24-14-25-52(59)42-18-7-3-8-19-42/h2-39H,1H3. The van der Waals surface area contributed by atoms with Crippen molar-refractivity contribution in [2.24, 2.45) is 0 Å². The van der Waals surface area contributed by atoms with Gasteiger partial charge in [0.1, 0.15) is 0 Å². The SMILES string of the molecule is Cc1cccc2sc3cc(N(c4ccc(-c5ccc6ccccc6c5-c5ccccc5)cc4)c4ccc(-c5c(-c6ccccc6)cccc5-c5ccccc5)cc4)ccc3c12. The Hall–Kier alpha value is -7.52. The summed E-state index contributed by atoms with van der Waals surface area (Å²) in [5.74, 6) is 0. The third kappa shape index (κ3) is 6.68. The topological polar surface area (TPSA) is 3.24 Å². The van der Waals surface area contributed by atoms with Gasteiger partial charge in [-0.3, -0.25) is 0 Å². The second kappa shape index (κ2) is 15.6. The van der Waals surface area contributed by atoms with E-state index in [9.17, 15) is 0 Å². The van der Waals surface area contributed by atoms with Gasteiger partial charge in [-0.25, -0.2) is 0 Å². The lowest BCUT2D eigenvalue weighted by atomic mass is 9.87. The predicted octanol–water partition coefficient (Wildman–Crippen LogP) is 17.3. The fraction of sp³-hybridized carbons (Fsp3) is 0.0169. The number of anilines is 3. The van der Waals surface area contributed by atoms with Gasteiger partial charge in [0.15, 0.2) is 0 Å². The highest BCUT2D eigenvalue weighted by Gasteiger charge is 2.19. The van der Waals surface area contributed by atoms with E-state index >= 15 is 0 Å². The molecule has 11 aromatic rings. The highest BCUT2D eigenvalue weighted by Crippen LogP contribution is 2.45. The monoisotopic (exact) mass is 795 g/mol. The molecule has 0 aliphatic rings. The van der Waals surface area contributed by atoms with Crippen molar-refractivity contribution in [2.45, 2.75) is 6.92 Å². The molecule has 61 heavy (non-hydrogen) atoms. The largest absolute Gasteiger partial charge is 0.310 e. The quantitative estimate of drug-likeness (QED) is 0.148. The van der Waals surface area contributed by atoms with Crippen molar-refractivity contribution in [2.75, 3.05) is 4.90 Å². The molecule has 11 rings (SSSR count). The van der Waals surface area contributed by atoms with Crippen LogP contribution in [0.2, 0.25) is 0 Å². The molecule has 0 saturated carbocycles. The molecule has 0 saturated heterocycles. The molecule has 0 bridgehead atoms. The first-order valence-electron chi connectivity index (χ1n) is 20.9. The molecule has 0 atom stereocenters. The van der Waals surface area contributed by atoms with Crippen LogP contribution in [0.1, 0.15) is 5.56 Å². The number of hydrogen-bond acceptors (Lipinski definition) is 2. The predicted molar refractivity (Wildman–Crippen MR) is 263 cm³/mol. The number of benzene rings is 10. The maximum absolute atomic E-state index is 2.41. The maximum Gasteiger partial charge on any atom is 0.0476 e. The van der Waals surface area contributed by atoms with Gasteiger partial charge >= 0.3 is 0 Å². The third-order valence-electron chi connectivity index (χ3n) is 12.0. The average molecular weight is 796 g/mol. The molecule has 2 heteroatoms. The van der Waals surface area contributed by atoms with Gasteiger partial charge in [0.05, 0.1) is 0 Å². The van der Waals surface area contributed by atoms with Crippen LogP contribution in [0.4, 0.5) is 17.1 Å². The summed E-state index contributed by atoms with van der Waals surface area (Å²) in [5.41, 5.74) is 16.8. The van der Waals surface area contributed by atoms with Crippen LogP contribution in [0.15, 0.2) is 231 Å². The lowest BCUT2D eigenvalue weighted by Gasteiger charge is -2.26. The summed E-state index contributed by atoms with van der Waals surface area (Å²) in [7, 11) is 0. The van der Waals surface area contributed by atoms with Gasteiger partial charge in [-0.15, -0.1) is 11.3 Å². The van der Waals surface area contributed by atoms with Crippen LogP contribution in [0.5, 0.6) is 0 Å². The number of aryl methyl sites for hydroxylation is 1. The molecule has 0 aliphatic heterocycles. The van der Waals surface area contributed by atoms with Gasteiger partial charge in [-0.2, -0.15) is 0 Å². The first-order valence-corrected chi connectivity index (χ1v) is 21.7. The number of thiophene rings is 1. The Bertz CT molecular complexity index is 3270. The molecule has 0 aliphatic carbocycles. The van der Waals surface area contributed by atoms with E-state index < -0.39 is 0 Å². The molecule has 0 spiro atoms. The molecule has 1 nitrogen and oxygen atoms in total. The van der Waals surface area contributed by atoms with E-state index in [1.54, 1.807) is 0 Å². The first-order chi connectivity index (χ1) is 30.2. The minimum Gasteiger partial charge on any atom is -0.310 e. The van der Waals surface area contributed by atoms with Crippen molar-refractivity contribution >= 4 is 59.3 Å². The van der Waals surface area contributed by atoms with E-state index in [1.807, 2.05) is 11.3 Å². The maximum atomic E-state index is 2.41. The highest BCUT2D eigenvalue weighted by atomic mass is 32.1. The van der Waals surface area contributed by atoms with Crippen LogP contribution in [0.3, 0.4) is 0 Å². The van der Waals surface area contributed by atoms with E-state index in [0.29, 0.717) is 0 Å². The second-order valence-corrected chi connectivity index (χ2v) is 16.8. The zero-order chi connectivity index (χ0) is 40.7. The summed E-state index contributed by atoms with van der Waals surface area (Å²) in [6.07, 6.45) is 0. The van der Waals surface area contributed by atoms with Crippen LogP contribution in [-0.4, -0.2) is 0 Å². The smallest absolute Gasteiger partial charge is 0.0476 e. The van der Waals surface area contributed by atoms with Crippen molar-refractivity contribution in [1.29, 1.82) is 0 Å². The van der Waals surface area contributed by atoms with Crippen LogP contribution in [0, 0.1) is 6.92 Å². The van der Waals surface area contributed by atoms with Gasteiger partial charge < -0.3 is 4.90 Å². The Morgan fingerprint density at radius 2 is 0.836 bits per heavy atom. The summed E-state index contributed by atoms with van der Waals surface area (Å²) in [4.78, 5) is 2.41. The fourth-order valence-electron chi connectivity index (χ4n) is 9.15. The van der Waals surface area contributed by atoms with E-state index in [-0.39, 0.29) is 0 Å². The summed E-state index contributed by atoms with van der Waals surface area (Å²) >= 11 is 1.87. The number of fused-ring (bicyclic) bond motifs is 4. The fourth-order valence-corrected chi connectivity index (χ4v) is 10.4. The molecule has 0 radical (unpaired) electrons. The van der Waals surface area contributed by atoms with E-state index in [1.165, 1.54) is 92.1 Å². The minimum atomic E-state index is 1.10. The Morgan fingerprint density at radius 1 is 0.328 bits per heavy atom. The van der Waals surface area contributed by atoms with Crippen LogP contribution in [-0.2, 0) is 0 Å². The molecule has 10 aromatic carbocycles. The Kier molecular flexibility index (Phi) is 9.34. The molecule has 0 N–H and O–H groups in total. The number of nitrogens with zero attached hydrogens (tertiary/aromatic N) is 1. The van der Waals surface area contributed by atoms with Crippen molar-refractivity contribution in [3.63, 3.8) is 0 Å². The van der Waals surface area contributed by atoms with Crippen LogP contribution >= 0.6 is 11.3 Å². The van der Waals surface area contributed by atoms with Gasteiger partial charge in [0.25, 0.3) is 0 Å². The molecule has 288 valence electrons. The number of hydrogen-bond donors (Lipinski definition) is 0. The normalized spacial score (nSPS) is 11.4. The van der Waals surface area contributed by atoms with Gasteiger partial charge in [0, 0.05) is 37.2 Å². The zero-order valence-corrected chi connectivity index (χ0v) is 34.6. The number of rotatable bonds is 8. The van der Waals surface area contributed by atoms with E-state index in [0.717, 1.165) is 17.1 Å². The Balaban J connectivity index is 1.06. The van der Waals surface area contributed by atoms with Gasteiger partial charge in [-0.1, -0.05) is 188 Å². The lowest BCUT2D eigenvalue weighted by Crippen LogP contribution is -2.09. The second-order valence-electron chi connectivity index (χ2n) is 15.7. The highest BCUT2D eigenvalue weighted by molar-refractivity contribution is 7.25. The van der Waals surface area contributed by atoms with Gasteiger partial charge in [0.2, 0.25) is 0 Å². The summed E-state index contributed by atoms with van der Waals surface area (Å²) in [6.45, 7) is 2.22. The van der Waals surface area contributed by atoms with Crippen molar-refractivity contribution in [1.82, 2.24) is 0 Å². The third-order valence-corrected chi connectivity index (χ3v) is 13.1. The average Bonchev–Trinajstić information content (AvgIpc) is 3.71. The molecule has 0 unspecified atom stereocenters. The first kappa shape index (κ1) is 36.6. The summed E-state index contributed by atoms with van der Waals surface area (Å²) < 4.78 is 2.61. The summed E-state index contributed by atoms with van der Waals surface area (Å²) in [5, 5.41) is 5.16. The van der Waals surface area contributed by atoms with Crippen LogP contribution < -0.4 is 4.90 Å². The zero-order valence-electron chi connectivity index (χ0n) is 33.8. The van der Waals surface area contributed by atoms with Crippen molar-refractivity contribution in [3.8, 4) is 55.6 Å². The molecule has 0 fully saturated rings. The lowest BCUT2D eigenvalue weighted by molar-refractivity contribution is 1.29. The van der Waals surface area contributed by atoms with Crippen molar-refractivity contribution < 1.29 is 0 Å². The Morgan fingerprint density at radius 3 is 1.49 bits per heavy atom. The Labute approximate surface area is 361 Å². The van der Waals surface area contributed by atoms with Crippen LogP contribution in [0.25, 0.3) is 86.6 Å². The van der Waals surface area contributed by atoms with E-state index in [2.05, 4.69) is 242 Å². The molecule has 1 heterocycles. The van der Waals surface area contributed by atoms with E-state index in [4.69, 9.17) is 0 Å². The van der Waals surface area contributed by atoms with Crippen molar-refractivity contribution in [3.05, 3.63) is 236 Å². The summed E-state index contributed by atoms with van der Waals surface area (Å²) in [6, 6.07) is 84.1. The van der Waals surface area contributed by atoms with Gasteiger partial charge in [-0.05, 0) is 121 Å².